The summed E-state index contributed by atoms with van der Waals surface area (Å²) >= 11 is 1.88. The van der Waals surface area contributed by atoms with Crippen molar-refractivity contribution in [3.63, 3.8) is 0 Å². The number of benzene rings is 10. The molecule has 0 amide bonds. The van der Waals surface area contributed by atoms with Crippen LogP contribution in [0.4, 0.5) is 17.1 Å². The minimum atomic E-state index is -0.145. The maximum Gasteiger partial charge on any atom is 0.0462 e. The molecule has 1 aliphatic rings. The Kier molecular flexibility index (Phi) is 8.77. The zero-order valence-electron chi connectivity index (χ0n) is 35.2. The van der Waals surface area contributed by atoms with Gasteiger partial charge in [0.15, 0.2) is 0 Å². The fourth-order valence-corrected chi connectivity index (χ4v) is 11.6. The van der Waals surface area contributed by atoms with Crippen LogP contribution in [0.1, 0.15) is 25.0 Å². The van der Waals surface area contributed by atoms with E-state index < -0.39 is 0 Å². The molecule has 0 radical (unpaired) electrons. The average molecular weight is 822 g/mol. The summed E-state index contributed by atoms with van der Waals surface area (Å²) in [5, 5.41) is 5.24. The third-order valence-corrected chi connectivity index (χ3v) is 14.5. The molecule has 0 N–H and O–H groups in total. The number of thiophene rings is 1. The zero-order valence-corrected chi connectivity index (χ0v) is 36.0. The van der Waals surface area contributed by atoms with E-state index in [9.17, 15) is 0 Å². The van der Waals surface area contributed by atoms with Gasteiger partial charge in [-0.15, -0.1) is 11.3 Å². The number of rotatable bonds is 7. The van der Waals surface area contributed by atoms with Gasteiger partial charge < -0.3 is 4.90 Å². The average Bonchev–Trinajstić information content (AvgIpc) is 3.85. The van der Waals surface area contributed by atoms with Gasteiger partial charge in [-0.2, -0.15) is 0 Å². The standard InChI is InChI=1S/C61H43NS/c1-61(2)54-26-13-11-23-53(54)58-57(43-18-7-4-8-19-43)56(50-21-9-10-22-51(50)59(58)61)44-32-38-47(39-33-44)62(45-34-28-41(29-35-45)40-16-5-3-6-17-40)46-36-30-42(31-37-46)48-24-15-25-52-49-20-12-14-27-55(49)63-60(48)52/h3-39H,1-2H3. The summed E-state index contributed by atoms with van der Waals surface area (Å²) in [6.45, 7) is 4.79. The lowest BCUT2D eigenvalue weighted by Crippen LogP contribution is -2.15. The SMILES string of the molecule is CC1(C)c2ccccc2-c2c(-c3ccccc3)c(-c3ccc(N(c4ccc(-c5ccccc5)cc4)c4ccc(-c5cccc6c5sc5ccccc56)cc4)cc3)c3ccccc3c21. The normalized spacial score (nSPS) is 12.7. The second-order valence-corrected chi connectivity index (χ2v) is 18.3. The Hall–Kier alpha value is -7.52. The van der Waals surface area contributed by atoms with Gasteiger partial charge in [-0.25, -0.2) is 0 Å². The third-order valence-electron chi connectivity index (χ3n) is 13.3. The van der Waals surface area contributed by atoms with E-state index in [-0.39, 0.29) is 5.41 Å². The molecule has 0 unspecified atom stereocenters. The van der Waals surface area contributed by atoms with Crippen molar-refractivity contribution in [2.45, 2.75) is 19.3 Å². The van der Waals surface area contributed by atoms with Crippen molar-refractivity contribution in [1.29, 1.82) is 0 Å². The Morgan fingerprint density at radius 2 is 0.810 bits per heavy atom. The van der Waals surface area contributed by atoms with Gasteiger partial charge in [0.05, 0.1) is 0 Å². The summed E-state index contributed by atoms with van der Waals surface area (Å²) in [4.78, 5) is 2.39. The number of hydrogen-bond acceptors (Lipinski definition) is 2. The minimum absolute atomic E-state index is 0.145. The van der Waals surface area contributed by atoms with Crippen LogP contribution in [0.15, 0.2) is 224 Å². The van der Waals surface area contributed by atoms with Crippen molar-refractivity contribution in [3.05, 3.63) is 236 Å². The van der Waals surface area contributed by atoms with Crippen molar-refractivity contribution < 1.29 is 0 Å². The number of fused-ring (bicyclic) bond motifs is 8. The van der Waals surface area contributed by atoms with Crippen LogP contribution in [-0.4, -0.2) is 0 Å². The minimum Gasteiger partial charge on any atom is -0.311 e. The Labute approximate surface area is 372 Å². The topological polar surface area (TPSA) is 3.24 Å². The molecule has 1 heterocycles. The van der Waals surface area contributed by atoms with Gasteiger partial charge >= 0.3 is 0 Å². The van der Waals surface area contributed by atoms with E-state index in [4.69, 9.17) is 0 Å². The molecule has 0 bridgehead atoms. The molecule has 298 valence electrons. The first-order chi connectivity index (χ1) is 31.0. The molecule has 0 atom stereocenters. The molecule has 0 spiro atoms. The van der Waals surface area contributed by atoms with Crippen LogP contribution in [0.25, 0.3) is 86.6 Å². The van der Waals surface area contributed by atoms with E-state index >= 15 is 0 Å². The van der Waals surface area contributed by atoms with Crippen LogP contribution >= 0.6 is 11.3 Å². The Bertz CT molecular complexity index is 3490. The van der Waals surface area contributed by atoms with Crippen LogP contribution in [0.3, 0.4) is 0 Å². The van der Waals surface area contributed by atoms with Crippen molar-refractivity contribution in [3.8, 4) is 55.6 Å². The second-order valence-electron chi connectivity index (χ2n) is 17.2. The molecule has 63 heavy (non-hydrogen) atoms. The van der Waals surface area contributed by atoms with Gasteiger partial charge in [0.25, 0.3) is 0 Å². The van der Waals surface area contributed by atoms with Gasteiger partial charge in [-0.1, -0.05) is 196 Å². The molecule has 1 nitrogen and oxygen atoms in total. The van der Waals surface area contributed by atoms with Gasteiger partial charge in [0, 0.05) is 42.6 Å². The van der Waals surface area contributed by atoms with Crippen molar-refractivity contribution >= 4 is 59.3 Å². The summed E-state index contributed by atoms with van der Waals surface area (Å²) in [7, 11) is 0. The van der Waals surface area contributed by atoms with Crippen LogP contribution < -0.4 is 4.90 Å². The Morgan fingerprint density at radius 3 is 1.49 bits per heavy atom. The highest BCUT2D eigenvalue weighted by Crippen LogP contribution is 2.58. The predicted octanol–water partition coefficient (Wildman–Crippen LogP) is 17.7. The zero-order chi connectivity index (χ0) is 42.1. The highest BCUT2D eigenvalue weighted by molar-refractivity contribution is 7.26. The number of nitrogens with zero attached hydrogens (tertiary/aromatic N) is 1. The molecule has 1 aliphatic carbocycles. The molecule has 0 saturated carbocycles. The smallest absolute Gasteiger partial charge is 0.0462 e. The van der Waals surface area contributed by atoms with E-state index in [2.05, 4.69) is 243 Å². The first kappa shape index (κ1) is 37.3. The molecule has 12 rings (SSSR count). The largest absolute Gasteiger partial charge is 0.311 e. The molecular weight excluding hydrogens is 779 g/mol. The van der Waals surface area contributed by atoms with E-state index in [1.807, 2.05) is 11.3 Å². The number of anilines is 3. The maximum atomic E-state index is 2.39. The van der Waals surface area contributed by atoms with Crippen molar-refractivity contribution in [2.24, 2.45) is 0 Å². The molecule has 2 heteroatoms. The molecule has 10 aromatic carbocycles. The van der Waals surface area contributed by atoms with Gasteiger partial charge in [-0.3, -0.25) is 0 Å². The second kappa shape index (κ2) is 14.8. The summed E-state index contributed by atoms with van der Waals surface area (Å²) in [6, 6.07) is 82.6. The van der Waals surface area contributed by atoms with E-state index in [0.717, 1.165) is 17.1 Å². The lowest BCUT2D eigenvalue weighted by molar-refractivity contribution is 0.666. The summed E-state index contributed by atoms with van der Waals surface area (Å²) in [5.41, 5.74) is 18.5. The third kappa shape index (κ3) is 6.05. The highest BCUT2D eigenvalue weighted by atomic mass is 32.1. The van der Waals surface area contributed by atoms with Gasteiger partial charge in [0.2, 0.25) is 0 Å². The van der Waals surface area contributed by atoms with Crippen LogP contribution in [0, 0.1) is 0 Å². The van der Waals surface area contributed by atoms with E-state index in [1.165, 1.54) is 97.7 Å². The lowest BCUT2D eigenvalue weighted by Gasteiger charge is -2.27. The Balaban J connectivity index is 1.01. The van der Waals surface area contributed by atoms with Gasteiger partial charge in [0.1, 0.15) is 0 Å². The van der Waals surface area contributed by atoms with Crippen LogP contribution in [0.5, 0.6) is 0 Å². The molecular formula is C61H43NS. The molecule has 0 fully saturated rings. The fourth-order valence-electron chi connectivity index (χ4n) is 10.4. The predicted molar refractivity (Wildman–Crippen MR) is 271 cm³/mol. The van der Waals surface area contributed by atoms with Crippen LogP contribution in [0.2, 0.25) is 0 Å². The van der Waals surface area contributed by atoms with Crippen LogP contribution in [-0.2, 0) is 5.41 Å². The summed E-state index contributed by atoms with van der Waals surface area (Å²) < 4.78 is 2.65. The first-order valence-electron chi connectivity index (χ1n) is 21.8. The Morgan fingerprint density at radius 1 is 0.333 bits per heavy atom. The monoisotopic (exact) mass is 821 g/mol. The van der Waals surface area contributed by atoms with E-state index in [1.54, 1.807) is 0 Å². The molecule has 11 aromatic rings. The first-order valence-corrected chi connectivity index (χ1v) is 22.7. The molecule has 0 saturated heterocycles. The fraction of sp³-hybridized carbons (Fsp3) is 0.0492. The van der Waals surface area contributed by atoms with E-state index in [0.29, 0.717) is 0 Å². The highest BCUT2D eigenvalue weighted by Gasteiger charge is 2.39. The molecule has 0 aliphatic heterocycles. The summed E-state index contributed by atoms with van der Waals surface area (Å²) in [6.07, 6.45) is 0. The van der Waals surface area contributed by atoms with Gasteiger partial charge in [-0.05, 0) is 120 Å². The van der Waals surface area contributed by atoms with Crippen molar-refractivity contribution in [2.75, 3.05) is 4.90 Å². The lowest BCUT2D eigenvalue weighted by atomic mass is 9.77. The quantitative estimate of drug-likeness (QED) is 0.155. The van der Waals surface area contributed by atoms with Crippen molar-refractivity contribution in [1.82, 2.24) is 0 Å². The number of hydrogen-bond donors (Lipinski definition) is 0. The summed E-state index contributed by atoms with van der Waals surface area (Å²) in [5.74, 6) is 0. The maximum absolute atomic E-state index is 2.39. The molecule has 1 aromatic heterocycles.